The highest BCUT2D eigenvalue weighted by atomic mass is 16.5. The Morgan fingerprint density at radius 1 is 1.05 bits per heavy atom. The molecule has 0 atom stereocenters. The molecule has 0 unspecified atom stereocenters. The highest BCUT2D eigenvalue weighted by molar-refractivity contribution is 6.57. The number of aromatic amines is 1. The third-order valence-electron chi connectivity index (χ3n) is 3.40. The summed E-state index contributed by atoms with van der Waals surface area (Å²) in [6.07, 6.45) is 0. The first-order chi connectivity index (χ1) is 10.2. The Labute approximate surface area is 117 Å². The van der Waals surface area contributed by atoms with E-state index in [1.54, 1.807) is 24.3 Å². The van der Waals surface area contributed by atoms with Crippen LogP contribution in [0.3, 0.4) is 0 Å². The highest BCUT2D eigenvalue weighted by Gasteiger charge is 2.41. The van der Waals surface area contributed by atoms with Gasteiger partial charge in [-0.2, -0.15) is 0 Å². The molecule has 0 saturated heterocycles. The Morgan fingerprint density at radius 3 is 2.52 bits per heavy atom. The van der Waals surface area contributed by atoms with Crippen molar-refractivity contribution in [2.75, 3.05) is 5.73 Å². The molecule has 0 radical (unpaired) electrons. The molecule has 0 amide bonds. The second-order valence-electron chi connectivity index (χ2n) is 4.60. The summed E-state index contributed by atoms with van der Waals surface area (Å²) in [6, 6.07) is 8.84. The van der Waals surface area contributed by atoms with Crippen LogP contribution in [0.15, 0.2) is 30.3 Å². The van der Waals surface area contributed by atoms with Gasteiger partial charge >= 0.3 is 0 Å². The number of carbonyl (C=O) groups excluding carboxylic acids is 2. The van der Waals surface area contributed by atoms with Crippen LogP contribution in [0.1, 0.15) is 20.7 Å². The lowest BCUT2D eigenvalue weighted by Crippen LogP contribution is -2.07. The lowest BCUT2D eigenvalue weighted by molar-refractivity contribution is 0.0827. The number of rotatable bonds is 2. The first kappa shape index (κ1) is 11.6. The van der Waals surface area contributed by atoms with Gasteiger partial charge in [-0.1, -0.05) is 23.4 Å². The largest absolute Gasteiger partial charge is 0.456 e. The molecular formula is C14H8N4O3. The Kier molecular flexibility index (Phi) is 2.15. The van der Waals surface area contributed by atoms with Gasteiger partial charge in [0.25, 0.3) is 0 Å². The predicted molar refractivity (Wildman–Crippen MR) is 73.5 cm³/mol. The number of Topliss-reactive ketones (excluding diaryl/α,β-unsaturated/α-hetero) is 2. The maximum absolute atomic E-state index is 12.1. The molecule has 7 nitrogen and oxygen atoms in total. The molecule has 3 N–H and O–H groups in total. The maximum atomic E-state index is 12.1. The van der Waals surface area contributed by atoms with E-state index in [9.17, 15) is 9.59 Å². The van der Waals surface area contributed by atoms with Crippen molar-refractivity contribution in [2.24, 2.45) is 0 Å². The van der Waals surface area contributed by atoms with Crippen molar-refractivity contribution in [1.82, 2.24) is 15.4 Å². The smallest absolute Gasteiger partial charge is 0.239 e. The van der Waals surface area contributed by atoms with Crippen LogP contribution in [0, 0.1) is 0 Å². The fourth-order valence-electron chi connectivity index (χ4n) is 2.44. The van der Waals surface area contributed by atoms with Gasteiger partial charge in [-0.25, -0.2) is 0 Å². The number of carbonyl (C=O) groups is 2. The van der Waals surface area contributed by atoms with Crippen LogP contribution in [0.2, 0.25) is 0 Å². The SMILES string of the molecule is Nc1c2c(Oc3ccccc3)c(c3nn[nH]c13)C(=O)C2=O. The number of aromatic nitrogens is 3. The molecule has 0 aliphatic heterocycles. The summed E-state index contributed by atoms with van der Waals surface area (Å²) in [5, 5.41) is 10.1. The summed E-state index contributed by atoms with van der Waals surface area (Å²) in [7, 11) is 0. The molecule has 3 aromatic rings. The molecule has 0 spiro atoms. The number of fused-ring (bicyclic) bond motifs is 4. The molecule has 1 aromatic heterocycles. The Morgan fingerprint density at radius 2 is 1.76 bits per heavy atom. The fourth-order valence-corrected chi connectivity index (χ4v) is 2.44. The van der Waals surface area contributed by atoms with Crippen LogP contribution in [-0.2, 0) is 0 Å². The molecule has 2 bridgehead atoms. The van der Waals surface area contributed by atoms with Gasteiger partial charge in [0, 0.05) is 0 Å². The number of anilines is 1. The van der Waals surface area contributed by atoms with Crippen LogP contribution >= 0.6 is 0 Å². The van der Waals surface area contributed by atoms with Gasteiger partial charge in [0.15, 0.2) is 5.75 Å². The standard InChI is InChI=1S/C14H8N4O3/c15-9-7-12(19)13(20)8(10-11(9)17-18-16-10)14(7)21-6-4-2-1-3-5-6/h1-5H,15H2,(H,16,17,18). The highest BCUT2D eigenvalue weighted by Crippen LogP contribution is 2.44. The average Bonchev–Trinajstić information content (AvgIpc) is 3.03. The molecular weight excluding hydrogens is 272 g/mol. The van der Waals surface area contributed by atoms with Crippen molar-refractivity contribution in [3.05, 3.63) is 41.5 Å². The number of ketones is 2. The van der Waals surface area contributed by atoms with Crippen LogP contribution < -0.4 is 10.5 Å². The number of hydrogen-bond acceptors (Lipinski definition) is 6. The summed E-state index contributed by atoms with van der Waals surface area (Å²) >= 11 is 0. The van der Waals surface area contributed by atoms with Crippen LogP contribution in [-0.4, -0.2) is 27.0 Å². The van der Waals surface area contributed by atoms with E-state index in [1.165, 1.54) is 0 Å². The maximum Gasteiger partial charge on any atom is 0.239 e. The van der Waals surface area contributed by atoms with E-state index in [4.69, 9.17) is 10.5 Å². The summed E-state index contributed by atoms with van der Waals surface area (Å²) < 4.78 is 5.70. The van der Waals surface area contributed by atoms with Gasteiger partial charge < -0.3 is 10.5 Å². The molecule has 1 heterocycles. The lowest BCUT2D eigenvalue weighted by atomic mass is 10.1. The number of para-hydroxylation sites is 1. The van der Waals surface area contributed by atoms with Crippen molar-refractivity contribution in [2.45, 2.75) is 0 Å². The normalized spacial score (nSPS) is 13.1. The minimum absolute atomic E-state index is 0.0670. The average molecular weight is 280 g/mol. The number of nitrogens with two attached hydrogens (primary N) is 1. The quantitative estimate of drug-likeness (QED) is 0.546. The molecule has 102 valence electrons. The Bertz CT molecular complexity index is 915. The summed E-state index contributed by atoms with van der Waals surface area (Å²) in [4.78, 5) is 24.2. The lowest BCUT2D eigenvalue weighted by Gasteiger charge is -2.09. The molecule has 1 aliphatic rings. The van der Waals surface area contributed by atoms with Gasteiger partial charge in [0.1, 0.15) is 16.8 Å². The number of benzene rings is 2. The van der Waals surface area contributed by atoms with Crippen molar-refractivity contribution < 1.29 is 14.3 Å². The number of ether oxygens (including phenoxy) is 1. The number of nitrogens with zero attached hydrogens (tertiary/aromatic N) is 2. The van der Waals surface area contributed by atoms with Crippen molar-refractivity contribution in [3.8, 4) is 11.5 Å². The van der Waals surface area contributed by atoms with E-state index in [2.05, 4.69) is 15.4 Å². The van der Waals surface area contributed by atoms with Gasteiger partial charge in [0.05, 0.1) is 16.8 Å². The molecule has 7 heteroatoms. The second-order valence-corrected chi connectivity index (χ2v) is 4.60. The second kappa shape index (κ2) is 3.89. The number of nitrogens with one attached hydrogen (secondary N) is 1. The number of nitrogen functional groups attached to an aromatic ring is 1. The van der Waals surface area contributed by atoms with Crippen molar-refractivity contribution >= 4 is 28.3 Å². The number of H-pyrrole nitrogens is 1. The van der Waals surface area contributed by atoms with Crippen molar-refractivity contribution in [1.29, 1.82) is 0 Å². The third-order valence-corrected chi connectivity index (χ3v) is 3.40. The first-order valence-electron chi connectivity index (χ1n) is 6.16. The summed E-state index contributed by atoms with van der Waals surface area (Å²) in [5.41, 5.74) is 6.87. The van der Waals surface area contributed by atoms with E-state index in [0.29, 0.717) is 11.3 Å². The molecule has 0 fully saturated rings. The molecule has 2 aromatic carbocycles. The molecule has 21 heavy (non-hydrogen) atoms. The van der Waals surface area contributed by atoms with E-state index in [1.807, 2.05) is 6.07 Å². The Balaban J connectivity index is 2.02. The fraction of sp³-hybridized carbons (Fsp3) is 0. The summed E-state index contributed by atoms with van der Waals surface area (Å²) in [6.45, 7) is 0. The predicted octanol–water partition coefficient (Wildman–Crippen LogP) is 1.71. The minimum Gasteiger partial charge on any atom is -0.456 e. The molecule has 4 rings (SSSR count). The van der Waals surface area contributed by atoms with Gasteiger partial charge in [-0.15, -0.1) is 5.10 Å². The van der Waals surface area contributed by atoms with E-state index < -0.39 is 11.6 Å². The number of hydrogen-bond donors (Lipinski definition) is 2. The van der Waals surface area contributed by atoms with Crippen molar-refractivity contribution in [3.63, 3.8) is 0 Å². The van der Waals surface area contributed by atoms with E-state index >= 15 is 0 Å². The monoisotopic (exact) mass is 280 g/mol. The van der Waals surface area contributed by atoms with E-state index in [-0.39, 0.29) is 28.1 Å². The molecule has 1 aliphatic carbocycles. The zero-order chi connectivity index (χ0) is 14.6. The Hall–Kier alpha value is -3.22. The van der Waals surface area contributed by atoms with Gasteiger partial charge in [-0.3, -0.25) is 14.7 Å². The summed E-state index contributed by atoms with van der Waals surface area (Å²) in [5.74, 6) is -0.703. The molecule has 0 saturated carbocycles. The third kappa shape index (κ3) is 1.42. The zero-order valence-corrected chi connectivity index (χ0v) is 10.6. The van der Waals surface area contributed by atoms with Crippen LogP contribution in [0.25, 0.3) is 11.0 Å². The first-order valence-corrected chi connectivity index (χ1v) is 6.16. The zero-order valence-electron chi connectivity index (χ0n) is 10.6. The van der Waals surface area contributed by atoms with E-state index in [0.717, 1.165) is 0 Å². The van der Waals surface area contributed by atoms with Crippen LogP contribution in [0.5, 0.6) is 11.5 Å². The minimum atomic E-state index is -0.681. The van der Waals surface area contributed by atoms with Crippen LogP contribution in [0.4, 0.5) is 5.69 Å². The topological polar surface area (TPSA) is 111 Å². The van der Waals surface area contributed by atoms with Gasteiger partial charge in [-0.05, 0) is 12.1 Å². The van der Waals surface area contributed by atoms with Gasteiger partial charge in [0.2, 0.25) is 11.6 Å².